The monoisotopic (exact) mass is 532 g/mol. The van der Waals surface area contributed by atoms with E-state index in [4.69, 9.17) is 4.74 Å². The molecule has 6 nitrogen and oxygen atoms in total. The summed E-state index contributed by atoms with van der Waals surface area (Å²) in [6.45, 7) is 2.01. The molecule has 0 bridgehead atoms. The Morgan fingerprint density at radius 3 is 2.59 bits per heavy atom. The lowest BCUT2D eigenvalue weighted by Crippen LogP contribution is -2.46. The molecule has 1 aliphatic heterocycles. The Kier molecular flexibility index (Phi) is 9.80. The molecule has 0 aromatic heterocycles. The minimum atomic E-state index is -0.353. The number of carbonyl (C=O) groups is 2. The summed E-state index contributed by atoms with van der Waals surface area (Å²) in [4.78, 5) is 27.4. The average molecular weight is 533 g/mol. The van der Waals surface area contributed by atoms with Crippen LogP contribution in [0.2, 0.25) is 0 Å². The molecule has 0 spiro atoms. The topological polar surface area (TPSA) is 78.9 Å². The number of rotatable bonds is 10. The molecule has 0 saturated carbocycles. The summed E-state index contributed by atoms with van der Waals surface area (Å²) in [5, 5.41) is 12.4. The molecule has 1 heterocycles. The molecule has 1 saturated heterocycles. The van der Waals surface area contributed by atoms with Crippen LogP contribution < -0.4 is 10.1 Å². The van der Waals surface area contributed by atoms with Crippen molar-refractivity contribution >= 4 is 33.7 Å². The van der Waals surface area contributed by atoms with Crippen molar-refractivity contribution < 1.29 is 23.8 Å². The molecule has 34 heavy (non-hydrogen) atoms. The Bertz CT molecular complexity index is 1000. The number of nitrogens with one attached hydrogen (secondary N) is 1. The van der Waals surface area contributed by atoms with E-state index in [0.29, 0.717) is 37.1 Å². The number of nitrogens with zero attached hydrogens (tertiary/aromatic N) is 1. The lowest BCUT2D eigenvalue weighted by atomic mass is 9.88. The molecular weight excluding hydrogens is 503 g/mol. The summed E-state index contributed by atoms with van der Waals surface area (Å²) < 4.78 is 19.3. The minimum absolute atomic E-state index is 0.0341. The number of piperidine rings is 1. The number of Topliss-reactive ketones (excluding diaryl/α,β-unsaturated/α-hetero) is 1. The zero-order valence-electron chi connectivity index (χ0n) is 19.2. The highest BCUT2D eigenvalue weighted by Gasteiger charge is 2.27. The number of carbonyl (C=O) groups excluding carboxylic acids is 2. The molecule has 1 amide bonds. The quantitative estimate of drug-likeness (QED) is 0.356. The van der Waals surface area contributed by atoms with Crippen molar-refractivity contribution in [2.75, 3.05) is 33.4 Å². The molecular formula is C26H30BrFN2O4. The molecule has 3 rings (SSSR count). The number of halogens is 2. The highest BCUT2D eigenvalue weighted by Crippen LogP contribution is 2.24. The summed E-state index contributed by atoms with van der Waals surface area (Å²) in [5.41, 5.74) is 1.32. The van der Waals surface area contributed by atoms with Crippen LogP contribution in [-0.2, 0) is 4.79 Å². The predicted octanol–water partition coefficient (Wildman–Crippen LogP) is 4.07. The van der Waals surface area contributed by atoms with E-state index < -0.39 is 0 Å². The van der Waals surface area contributed by atoms with E-state index in [1.807, 2.05) is 18.2 Å². The van der Waals surface area contributed by atoms with Gasteiger partial charge in [-0.25, -0.2) is 4.39 Å². The van der Waals surface area contributed by atoms with Gasteiger partial charge in [-0.2, -0.15) is 0 Å². The van der Waals surface area contributed by atoms with Crippen molar-refractivity contribution in [1.29, 1.82) is 0 Å². The maximum absolute atomic E-state index is 13.1. The van der Waals surface area contributed by atoms with Crippen LogP contribution in [-0.4, -0.2) is 61.1 Å². The van der Waals surface area contributed by atoms with Gasteiger partial charge < -0.3 is 20.1 Å². The number of hydrogen-bond acceptors (Lipinski definition) is 5. The Morgan fingerprint density at radius 2 is 1.94 bits per heavy atom. The van der Waals surface area contributed by atoms with E-state index in [-0.39, 0.29) is 36.1 Å². The molecule has 8 heteroatoms. The van der Waals surface area contributed by atoms with Crippen LogP contribution >= 0.6 is 15.9 Å². The summed E-state index contributed by atoms with van der Waals surface area (Å²) in [6, 6.07) is 11.0. The summed E-state index contributed by atoms with van der Waals surface area (Å²) in [6.07, 6.45) is 5.01. The molecule has 2 N–H and O–H groups in total. The van der Waals surface area contributed by atoms with Crippen molar-refractivity contribution in [3.05, 3.63) is 70.0 Å². The van der Waals surface area contributed by atoms with Gasteiger partial charge in [-0.05, 0) is 80.9 Å². The largest absolute Gasteiger partial charge is 0.496 e. The van der Waals surface area contributed by atoms with Gasteiger partial charge in [-0.1, -0.05) is 15.9 Å². The lowest BCUT2D eigenvalue weighted by molar-refractivity contribution is -0.117. The zero-order valence-corrected chi connectivity index (χ0v) is 20.8. The maximum atomic E-state index is 13.1. The van der Waals surface area contributed by atoms with E-state index in [0.717, 1.165) is 23.1 Å². The number of ketones is 1. The number of aliphatic hydroxyl groups is 1. The Morgan fingerprint density at radius 1 is 1.24 bits per heavy atom. The number of benzene rings is 2. The third-order valence-corrected chi connectivity index (χ3v) is 6.49. The molecule has 1 aliphatic rings. The van der Waals surface area contributed by atoms with Gasteiger partial charge in [0, 0.05) is 46.8 Å². The number of hydrogen-bond donors (Lipinski definition) is 2. The van der Waals surface area contributed by atoms with Gasteiger partial charge in [0.15, 0.2) is 5.78 Å². The molecule has 2 aromatic rings. The predicted molar refractivity (Wildman–Crippen MR) is 133 cm³/mol. The van der Waals surface area contributed by atoms with Gasteiger partial charge in [-0.3, -0.25) is 9.59 Å². The summed E-state index contributed by atoms with van der Waals surface area (Å²) in [5.74, 6) is 0.0247. The number of aliphatic hydroxyl groups excluding tert-OH is 1. The Balaban J connectivity index is 1.52. The first-order valence-corrected chi connectivity index (χ1v) is 12.1. The fraction of sp³-hybridized carbons (Fsp3) is 0.385. The van der Waals surface area contributed by atoms with Gasteiger partial charge in [-0.15, -0.1) is 0 Å². The van der Waals surface area contributed by atoms with E-state index in [1.165, 1.54) is 30.3 Å². The number of ether oxygens (including phenoxy) is 1. The first kappa shape index (κ1) is 26.1. The van der Waals surface area contributed by atoms with E-state index in [9.17, 15) is 19.1 Å². The normalized spacial score (nSPS) is 15.9. The first-order chi connectivity index (χ1) is 16.4. The molecule has 2 aromatic carbocycles. The summed E-state index contributed by atoms with van der Waals surface area (Å²) >= 11 is 3.42. The highest BCUT2D eigenvalue weighted by molar-refractivity contribution is 9.10. The SMILES string of the molecule is COc1ccc(Br)cc1/C=C/C(=O)NC(CCO)CN1CCC(C(=O)c2ccc(F)cc2)CC1. The molecule has 182 valence electrons. The highest BCUT2D eigenvalue weighted by atomic mass is 79.9. The van der Waals surface area contributed by atoms with Gasteiger partial charge in [0.05, 0.1) is 7.11 Å². The maximum Gasteiger partial charge on any atom is 0.244 e. The number of amides is 1. The first-order valence-electron chi connectivity index (χ1n) is 11.3. The van der Waals surface area contributed by atoms with E-state index >= 15 is 0 Å². The second-order valence-corrected chi connectivity index (χ2v) is 9.30. The molecule has 0 aliphatic carbocycles. The summed E-state index contributed by atoms with van der Waals surface area (Å²) in [7, 11) is 1.58. The molecule has 1 unspecified atom stereocenters. The van der Waals surface area contributed by atoms with Crippen molar-refractivity contribution in [2.24, 2.45) is 5.92 Å². The molecule has 1 fully saturated rings. The van der Waals surface area contributed by atoms with Crippen LogP contribution in [0.15, 0.2) is 53.0 Å². The van der Waals surface area contributed by atoms with Crippen LogP contribution in [0.25, 0.3) is 6.08 Å². The van der Waals surface area contributed by atoms with Crippen molar-refractivity contribution in [3.63, 3.8) is 0 Å². The average Bonchev–Trinajstić information content (AvgIpc) is 2.83. The van der Waals surface area contributed by atoms with Gasteiger partial charge in [0.2, 0.25) is 5.91 Å². The second-order valence-electron chi connectivity index (χ2n) is 8.38. The number of methoxy groups -OCH3 is 1. The van der Waals surface area contributed by atoms with Gasteiger partial charge in [0.1, 0.15) is 11.6 Å². The Labute approximate surface area is 207 Å². The van der Waals surface area contributed by atoms with E-state index in [2.05, 4.69) is 26.1 Å². The smallest absolute Gasteiger partial charge is 0.244 e. The van der Waals surface area contributed by atoms with Crippen LogP contribution in [0.5, 0.6) is 5.75 Å². The minimum Gasteiger partial charge on any atom is -0.496 e. The van der Waals surface area contributed by atoms with Crippen molar-refractivity contribution in [2.45, 2.75) is 25.3 Å². The van der Waals surface area contributed by atoms with Crippen LogP contribution in [0, 0.1) is 11.7 Å². The lowest BCUT2D eigenvalue weighted by Gasteiger charge is -2.33. The zero-order chi connectivity index (χ0) is 24.5. The van der Waals surface area contributed by atoms with Gasteiger partial charge in [0.25, 0.3) is 0 Å². The van der Waals surface area contributed by atoms with Gasteiger partial charge >= 0.3 is 0 Å². The standard InChI is InChI=1S/C26H30BrFN2O4/c1-34-24-8-5-21(27)16-20(24)4-9-25(32)29-23(12-15-31)17-30-13-10-19(11-14-30)26(33)18-2-6-22(28)7-3-18/h2-9,16,19,23,31H,10-15,17H2,1H3,(H,29,32)/b9-4+. The third kappa shape index (κ3) is 7.48. The van der Waals surface area contributed by atoms with Crippen LogP contribution in [0.1, 0.15) is 35.2 Å². The second kappa shape index (κ2) is 12.8. The molecule has 1 atom stereocenters. The number of likely N-dealkylation sites (tertiary alicyclic amines) is 1. The Hall–Kier alpha value is -2.55. The fourth-order valence-corrected chi connectivity index (χ4v) is 4.53. The van der Waals surface area contributed by atoms with Crippen LogP contribution in [0.3, 0.4) is 0 Å². The van der Waals surface area contributed by atoms with Crippen molar-refractivity contribution in [3.8, 4) is 5.75 Å². The fourth-order valence-electron chi connectivity index (χ4n) is 4.15. The van der Waals surface area contributed by atoms with Crippen LogP contribution in [0.4, 0.5) is 4.39 Å². The molecule has 0 radical (unpaired) electrons. The third-order valence-electron chi connectivity index (χ3n) is 6.00. The van der Waals surface area contributed by atoms with Crippen molar-refractivity contribution in [1.82, 2.24) is 10.2 Å². The van der Waals surface area contributed by atoms with E-state index in [1.54, 1.807) is 13.2 Å².